The number of hydrogen-bond acceptors (Lipinski definition) is 5. The third-order valence-corrected chi connectivity index (χ3v) is 4.49. The van der Waals surface area contributed by atoms with Crippen LogP contribution in [0.2, 0.25) is 0 Å². The quantitative estimate of drug-likeness (QED) is 0.521. The van der Waals surface area contributed by atoms with E-state index in [1.165, 1.54) is 32.4 Å². The van der Waals surface area contributed by atoms with Gasteiger partial charge in [-0.15, -0.1) is 0 Å². The van der Waals surface area contributed by atoms with Crippen LogP contribution in [0.3, 0.4) is 0 Å². The van der Waals surface area contributed by atoms with E-state index in [1.54, 1.807) is 18.2 Å². The standard InChI is InChI=1S/C21H18F3N3O5/c1-31-16-8-7-12(10-17(16)32-2)9-15-19(29)27(20(30)26-15)11-18(28)25-14-6-4-3-5-13(14)21(22,23)24/h3-10H,11H2,1-2H3,(H,25,28)(H,26,30)/b15-9-. The Labute approximate surface area is 180 Å². The predicted molar refractivity (Wildman–Crippen MR) is 108 cm³/mol. The van der Waals surface area contributed by atoms with Gasteiger partial charge in [0.2, 0.25) is 5.91 Å². The molecule has 11 heteroatoms. The minimum absolute atomic E-state index is 0.106. The largest absolute Gasteiger partial charge is 0.493 e. The molecular weight excluding hydrogens is 431 g/mol. The fraction of sp³-hybridized carbons (Fsp3) is 0.190. The molecule has 1 heterocycles. The maximum absolute atomic E-state index is 13.1. The average Bonchev–Trinajstić information content (AvgIpc) is 3.00. The Hall–Kier alpha value is -4.02. The van der Waals surface area contributed by atoms with Gasteiger partial charge in [0.05, 0.1) is 25.5 Å². The lowest BCUT2D eigenvalue weighted by Gasteiger charge is -2.15. The van der Waals surface area contributed by atoms with Gasteiger partial charge in [0.1, 0.15) is 12.2 Å². The van der Waals surface area contributed by atoms with E-state index >= 15 is 0 Å². The highest BCUT2D eigenvalue weighted by molar-refractivity contribution is 6.16. The highest BCUT2D eigenvalue weighted by atomic mass is 19.4. The number of hydrogen-bond donors (Lipinski definition) is 2. The maximum Gasteiger partial charge on any atom is 0.418 e. The van der Waals surface area contributed by atoms with Gasteiger partial charge in [0.25, 0.3) is 5.91 Å². The number of halogens is 3. The molecule has 2 aromatic carbocycles. The highest BCUT2D eigenvalue weighted by Crippen LogP contribution is 2.34. The maximum atomic E-state index is 13.1. The van der Waals surface area contributed by atoms with Gasteiger partial charge in [-0.3, -0.25) is 9.59 Å². The lowest BCUT2D eigenvalue weighted by Crippen LogP contribution is -2.38. The number of anilines is 1. The summed E-state index contributed by atoms with van der Waals surface area (Å²) in [5, 5.41) is 4.43. The minimum atomic E-state index is -4.68. The molecular formula is C21H18F3N3O5. The highest BCUT2D eigenvalue weighted by Gasteiger charge is 2.36. The Balaban J connectivity index is 1.75. The number of carbonyl (C=O) groups excluding carboxylic acids is 3. The number of methoxy groups -OCH3 is 2. The number of alkyl halides is 3. The Morgan fingerprint density at radius 2 is 1.78 bits per heavy atom. The first-order valence-electron chi connectivity index (χ1n) is 9.16. The molecule has 0 radical (unpaired) electrons. The second-order valence-electron chi connectivity index (χ2n) is 6.59. The number of nitrogens with zero attached hydrogens (tertiary/aromatic N) is 1. The van der Waals surface area contributed by atoms with Crippen LogP contribution in [0.4, 0.5) is 23.7 Å². The molecule has 1 saturated heterocycles. The first kappa shape index (κ1) is 22.7. The van der Waals surface area contributed by atoms with Gasteiger partial charge >= 0.3 is 12.2 Å². The molecule has 1 aliphatic rings. The van der Waals surface area contributed by atoms with E-state index in [1.807, 2.05) is 0 Å². The van der Waals surface area contributed by atoms with E-state index in [-0.39, 0.29) is 5.70 Å². The lowest BCUT2D eigenvalue weighted by atomic mass is 10.1. The van der Waals surface area contributed by atoms with E-state index in [4.69, 9.17) is 9.47 Å². The third kappa shape index (κ3) is 4.82. The smallest absolute Gasteiger partial charge is 0.418 e. The van der Waals surface area contributed by atoms with Gasteiger partial charge in [-0.25, -0.2) is 9.69 Å². The molecule has 4 amide bonds. The van der Waals surface area contributed by atoms with Crippen molar-refractivity contribution in [1.82, 2.24) is 10.2 Å². The van der Waals surface area contributed by atoms with Crippen molar-refractivity contribution in [3.05, 3.63) is 59.3 Å². The molecule has 0 bridgehead atoms. The van der Waals surface area contributed by atoms with Crippen LogP contribution in [0.25, 0.3) is 6.08 Å². The number of para-hydroxylation sites is 1. The summed E-state index contributed by atoms with van der Waals surface area (Å²) >= 11 is 0. The Kier molecular flexibility index (Phi) is 6.37. The number of carbonyl (C=O) groups is 3. The van der Waals surface area contributed by atoms with E-state index in [2.05, 4.69) is 10.6 Å². The van der Waals surface area contributed by atoms with E-state index in [9.17, 15) is 27.6 Å². The summed E-state index contributed by atoms with van der Waals surface area (Å²) in [7, 11) is 2.90. The summed E-state index contributed by atoms with van der Waals surface area (Å²) < 4.78 is 49.6. The molecule has 168 valence electrons. The summed E-state index contributed by atoms with van der Waals surface area (Å²) in [6.07, 6.45) is -3.31. The second kappa shape index (κ2) is 9.00. The first-order valence-corrected chi connectivity index (χ1v) is 9.16. The van der Waals surface area contributed by atoms with Gasteiger partial charge in [-0.05, 0) is 35.9 Å². The van der Waals surface area contributed by atoms with Crippen molar-refractivity contribution in [3.8, 4) is 11.5 Å². The molecule has 0 saturated carbocycles. The molecule has 0 atom stereocenters. The molecule has 2 aromatic rings. The SMILES string of the molecule is COc1ccc(/C=C2\NC(=O)N(CC(=O)Nc3ccccc3C(F)(F)F)C2=O)cc1OC. The van der Waals surface area contributed by atoms with Crippen molar-refractivity contribution in [2.45, 2.75) is 6.18 Å². The number of imide groups is 1. The summed E-state index contributed by atoms with van der Waals surface area (Å²) in [4.78, 5) is 37.6. The summed E-state index contributed by atoms with van der Waals surface area (Å²) in [5.74, 6) is -0.895. The van der Waals surface area contributed by atoms with Crippen LogP contribution in [0, 0.1) is 0 Å². The molecule has 32 heavy (non-hydrogen) atoms. The number of rotatable bonds is 6. The first-order chi connectivity index (χ1) is 15.1. The van der Waals surface area contributed by atoms with Crippen molar-refractivity contribution < 1.29 is 37.0 Å². The molecule has 0 unspecified atom stereocenters. The molecule has 0 spiro atoms. The Bertz CT molecular complexity index is 1100. The lowest BCUT2D eigenvalue weighted by molar-refractivity contribution is -0.137. The molecule has 2 N–H and O–H groups in total. The van der Waals surface area contributed by atoms with Crippen LogP contribution in [0.1, 0.15) is 11.1 Å². The van der Waals surface area contributed by atoms with E-state index in [0.29, 0.717) is 22.0 Å². The van der Waals surface area contributed by atoms with Crippen LogP contribution >= 0.6 is 0 Å². The third-order valence-electron chi connectivity index (χ3n) is 4.49. The van der Waals surface area contributed by atoms with Gasteiger partial charge < -0.3 is 20.1 Å². The fourth-order valence-electron chi connectivity index (χ4n) is 3.00. The van der Waals surface area contributed by atoms with Crippen molar-refractivity contribution >= 4 is 29.6 Å². The topological polar surface area (TPSA) is 97.0 Å². The van der Waals surface area contributed by atoms with Crippen molar-refractivity contribution in [2.75, 3.05) is 26.1 Å². The minimum Gasteiger partial charge on any atom is -0.493 e. The molecule has 0 aliphatic carbocycles. The summed E-state index contributed by atoms with van der Waals surface area (Å²) in [6, 6.07) is 8.33. The number of benzene rings is 2. The normalized spacial score (nSPS) is 15.0. The molecule has 3 rings (SSSR count). The number of nitrogens with one attached hydrogen (secondary N) is 2. The zero-order valence-electron chi connectivity index (χ0n) is 16.9. The van der Waals surface area contributed by atoms with Gasteiger partial charge in [0, 0.05) is 0 Å². The molecule has 1 fully saturated rings. The predicted octanol–water partition coefficient (Wildman–Crippen LogP) is 3.25. The molecule has 1 aliphatic heterocycles. The fourth-order valence-corrected chi connectivity index (χ4v) is 3.00. The van der Waals surface area contributed by atoms with Crippen LogP contribution in [0.15, 0.2) is 48.2 Å². The van der Waals surface area contributed by atoms with Crippen LogP contribution < -0.4 is 20.1 Å². The van der Waals surface area contributed by atoms with Crippen molar-refractivity contribution in [3.63, 3.8) is 0 Å². The van der Waals surface area contributed by atoms with E-state index < -0.39 is 41.8 Å². The number of urea groups is 1. The number of amides is 4. The zero-order chi connectivity index (χ0) is 23.5. The van der Waals surface area contributed by atoms with Crippen LogP contribution in [-0.2, 0) is 15.8 Å². The second-order valence-corrected chi connectivity index (χ2v) is 6.59. The summed E-state index contributed by atoms with van der Waals surface area (Å²) in [5.41, 5.74) is -1.11. The Morgan fingerprint density at radius 1 is 1.09 bits per heavy atom. The van der Waals surface area contributed by atoms with E-state index in [0.717, 1.165) is 12.1 Å². The van der Waals surface area contributed by atoms with Gasteiger partial charge in [-0.1, -0.05) is 18.2 Å². The summed E-state index contributed by atoms with van der Waals surface area (Å²) in [6.45, 7) is -0.764. The average molecular weight is 449 g/mol. The van der Waals surface area contributed by atoms with Crippen molar-refractivity contribution in [1.29, 1.82) is 0 Å². The van der Waals surface area contributed by atoms with Gasteiger partial charge in [0.15, 0.2) is 11.5 Å². The zero-order valence-corrected chi connectivity index (χ0v) is 16.9. The Morgan fingerprint density at radius 3 is 2.44 bits per heavy atom. The monoisotopic (exact) mass is 449 g/mol. The van der Waals surface area contributed by atoms with Crippen molar-refractivity contribution in [2.24, 2.45) is 0 Å². The number of ether oxygens (including phenoxy) is 2. The van der Waals surface area contributed by atoms with Crippen LogP contribution in [0.5, 0.6) is 11.5 Å². The molecule has 0 aromatic heterocycles. The van der Waals surface area contributed by atoms with Crippen LogP contribution in [-0.4, -0.2) is 43.5 Å². The van der Waals surface area contributed by atoms with Gasteiger partial charge in [-0.2, -0.15) is 13.2 Å². The molecule has 8 nitrogen and oxygen atoms in total.